The standard InChI is InChI=1S/C13H6BrN3OS/c14-10-4-2-1-3-9(10)12-16-13(18-17-12)11-8(7-15)5-6-19-11/h1-6H. The summed E-state index contributed by atoms with van der Waals surface area (Å²) in [6, 6.07) is 11.5. The molecule has 0 atom stereocenters. The molecule has 0 bridgehead atoms. The number of hydrogen-bond donors (Lipinski definition) is 0. The molecule has 2 aromatic heterocycles. The first kappa shape index (κ1) is 12.1. The average Bonchev–Trinajstić information content (AvgIpc) is 3.07. The van der Waals surface area contributed by atoms with Gasteiger partial charge in [-0.05, 0) is 23.6 Å². The molecule has 0 saturated heterocycles. The Bertz CT molecular complexity index is 756. The molecule has 0 aliphatic rings. The van der Waals surface area contributed by atoms with Crippen LogP contribution < -0.4 is 0 Å². The zero-order valence-electron chi connectivity index (χ0n) is 9.50. The van der Waals surface area contributed by atoms with E-state index in [-0.39, 0.29) is 0 Å². The molecule has 3 rings (SSSR count). The van der Waals surface area contributed by atoms with Crippen molar-refractivity contribution in [2.45, 2.75) is 0 Å². The monoisotopic (exact) mass is 331 g/mol. The number of hydrogen-bond acceptors (Lipinski definition) is 5. The van der Waals surface area contributed by atoms with Crippen molar-refractivity contribution in [3.8, 4) is 28.2 Å². The molecule has 4 nitrogen and oxygen atoms in total. The SMILES string of the molecule is N#Cc1ccsc1-c1nc(-c2ccccc2Br)no1. The fourth-order valence-electron chi connectivity index (χ4n) is 1.63. The zero-order chi connectivity index (χ0) is 13.2. The van der Waals surface area contributed by atoms with Crippen LogP contribution in [0.25, 0.3) is 22.2 Å². The van der Waals surface area contributed by atoms with Crippen LogP contribution in [0.15, 0.2) is 44.7 Å². The second-order valence-electron chi connectivity index (χ2n) is 3.68. The maximum absolute atomic E-state index is 9.00. The summed E-state index contributed by atoms with van der Waals surface area (Å²) in [5, 5.41) is 14.8. The topological polar surface area (TPSA) is 62.7 Å². The third-order valence-corrected chi connectivity index (χ3v) is 4.11. The number of nitrogens with zero attached hydrogens (tertiary/aromatic N) is 3. The van der Waals surface area contributed by atoms with Crippen molar-refractivity contribution in [3.05, 3.63) is 45.7 Å². The highest BCUT2D eigenvalue weighted by atomic mass is 79.9. The van der Waals surface area contributed by atoms with Gasteiger partial charge in [-0.1, -0.05) is 33.2 Å². The summed E-state index contributed by atoms with van der Waals surface area (Å²) >= 11 is 4.86. The summed E-state index contributed by atoms with van der Waals surface area (Å²) in [6.07, 6.45) is 0. The van der Waals surface area contributed by atoms with Gasteiger partial charge in [0.05, 0.1) is 5.56 Å². The summed E-state index contributed by atoms with van der Waals surface area (Å²) in [5.74, 6) is 0.872. The lowest BCUT2D eigenvalue weighted by atomic mass is 10.2. The number of halogens is 1. The molecule has 0 spiro atoms. The lowest BCUT2D eigenvalue weighted by Crippen LogP contribution is -1.82. The van der Waals surface area contributed by atoms with Crippen LogP contribution in [0.1, 0.15) is 5.56 Å². The molecule has 1 aromatic carbocycles. The predicted molar refractivity (Wildman–Crippen MR) is 75.5 cm³/mol. The van der Waals surface area contributed by atoms with Crippen molar-refractivity contribution >= 4 is 27.3 Å². The second kappa shape index (κ2) is 4.96. The van der Waals surface area contributed by atoms with Crippen molar-refractivity contribution in [2.75, 3.05) is 0 Å². The molecule has 2 heterocycles. The van der Waals surface area contributed by atoms with Crippen LogP contribution in [0.3, 0.4) is 0 Å². The van der Waals surface area contributed by atoms with Gasteiger partial charge in [0.25, 0.3) is 5.89 Å². The Hall–Kier alpha value is -1.97. The average molecular weight is 332 g/mol. The molecule has 6 heteroatoms. The number of aromatic nitrogens is 2. The summed E-state index contributed by atoms with van der Waals surface area (Å²) < 4.78 is 6.14. The molecule has 0 saturated carbocycles. The quantitative estimate of drug-likeness (QED) is 0.709. The third-order valence-electron chi connectivity index (χ3n) is 2.52. The van der Waals surface area contributed by atoms with Crippen molar-refractivity contribution < 1.29 is 4.52 Å². The molecule has 0 N–H and O–H groups in total. The summed E-state index contributed by atoms with van der Waals surface area (Å²) in [4.78, 5) is 5.05. The van der Waals surface area contributed by atoms with Crippen molar-refractivity contribution in [3.63, 3.8) is 0 Å². The lowest BCUT2D eigenvalue weighted by Gasteiger charge is -1.96. The summed E-state index contributed by atoms with van der Waals surface area (Å²) in [7, 11) is 0. The van der Waals surface area contributed by atoms with Crippen LogP contribution in [-0.4, -0.2) is 10.1 Å². The molecule has 0 unspecified atom stereocenters. The highest BCUT2D eigenvalue weighted by Gasteiger charge is 2.16. The van der Waals surface area contributed by atoms with Gasteiger partial charge in [-0.3, -0.25) is 0 Å². The van der Waals surface area contributed by atoms with E-state index < -0.39 is 0 Å². The van der Waals surface area contributed by atoms with E-state index in [0.717, 1.165) is 10.0 Å². The van der Waals surface area contributed by atoms with Gasteiger partial charge >= 0.3 is 0 Å². The Kier molecular flexibility index (Phi) is 3.15. The van der Waals surface area contributed by atoms with Gasteiger partial charge in [0.2, 0.25) is 5.82 Å². The van der Waals surface area contributed by atoms with E-state index in [1.165, 1.54) is 11.3 Å². The van der Waals surface area contributed by atoms with Crippen molar-refractivity contribution in [1.29, 1.82) is 5.26 Å². The molecular formula is C13H6BrN3OS. The Morgan fingerprint density at radius 2 is 2.11 bits per heavy atom. The first-order chi connectivity index (χ1) is 9.29. The molecule has 0 aliphatic carbocycles. The summed E-state index contributed by atoms with van der Waals surface area (Å²) in [6.45, 7) is 0. The normalized spacial score (nSPS) is 10.3. The van der Waals surface area contributed by atoms with Gasteiger partial charge in [-0.25, -0.2) is 0 Å². The van der Waals surface area contributed by atoms with E-state index in [1.807, 2.05) is 29.6 Å². The van der Waals surface area contributed by atoms with E-state index in [9.17, 15) is 0 Å². The minimum atomic E-state index is 0.373. The Morgan fingerprint density at radius 3 is 2.89 bits per heavy atom. The van der Waals surface area contributed by atoms with Gasteiger partial charge in [0, 0.05) is 10.0 Å². The number of thiophene rings is 1. The molecular weight excluding hydrogens is 326 g/mol. The van der Waals surface area contributed by atoms with E-state index in [4.69, 9.17) is 9.78 Å². The van der Waals surface area contributed by atoms with Crippen LogP contribution in [0.4, 0.5) is 0 Å². The molecule has 92 valence electrons. The second-order valence-corrected chi connectivity index (χ2v) is 5.45. The van der Waals surface area contributed by atoms with Gasteiger partial charge < -0.3 is 4.52 Å². The minimum absolute atomic E-state index is 0.373. The maximum atomic E-state index is 9.00. The van der Waals surface area contributed by atoms with Crippen molar-refractivity contribution in [2.24, 2.45) is 0 Å². The highest BCUT2D eigenvalue weighted by Crippen LogP contribution is 2.31. The first-order valence-electron chi connectivity index (χ1n) is 5.36. The number of rotatable bonds is 2. The van der Waals surface area contributed by atoms with E-state index in [0.29, 0.717) is 22.2 Å². The van der Waals surface area contributed by atoms with E-state index in [2.05, 4.69) is 32.1 Å². The van der Waals surface area contributed by atoms with Crippen LogP contribution in [0, 0.1) is 11.3 Å². The first-order valence-corrected chi connectivity index (χ1v) is 7.03. The molecule has 3 aromatic rings. The molecule has 0 radical (unpaired) electrons. The number of nitriles is 1. The molecule has 0 amide bonds. The molecule has 19 heavy (non-hydrogen) atoms. The third kappa shape index (κ3) is 2.18. The summed E-state index contributed by atoms with van der Waals surface area (Å²) in [5.41, 5.74) is 1.40. The van der Waals surface area contributed by atoms with E-state index >= 15 is 0 Å². The van der Waals surface area contributed by atoms with Gasteiger partial charge in [-0.15, -0.1) is 11.3 Å². The molecule has 0 fully saturated rings. The zero-order valence-corrected chi connectivity index (χ0v) is 11.9. The molecule has 0 aliphatic heterocycles. The number of benzene rings is 1. The van der Waals surface area contributed by atoms with Crippen LogP contribution >= 0.6 is 27.3 Å². The fraction of sp³-hybridized carbons (Fsp3) is 0. The van der Waals surface area contributed by atoms with Crippen LogP contribution in [0.5, 0.6) is 0 Å². The van der Waals surface area contributed by atoms with Gasteiger partial charge in [0.15, 0.2) is 0 Å². The Labute approximate surface area is 121 Å². The fourth-order valence-corrected chi connectivity index (χ4v) is 2.86. The van der Waals surface area contributed by atoms with E-state index in [1.54, 1.807) is 6.07 Å². The minimum Gasteiger partial charge on any atom is -0.333 e. The highest BCUT2D eigenvalue weighted by molar-refractivity contribution is 9.10. The van der Waals surface area contributed by atoms with Gasteiger partial charge in [0.1, 0.15) is 10.9 Å². The van der Waals surface area contributed by atoms with Gasteiger partial charge in [-0.2, -0.15) is 10.2 Å². The van der Waals surface area contributed by atoms with Crippen molar-refractivity contribution in [1.82, 2.24) is 10.1 Å². The Morgan fingerprint density at radius 1 is 1.26 bits per heavy atom. The Balaban J connectivity index is 2.06. The lowest BCUT2D eigenvalue weighted by molar-refractivity contribution is 0.433. The smallest absolute Gasteiger partial charge is 0.269 e. The van der Waals surface area contributed by atoms with Crippen LogP contribution in [-0.2, 0) is 0 Å². The maximum Gasteiger partial charge on any atom is 0.269 e. The van der Waals surface area contributed by atoms with Crippen LogP contribution in [0.2, 0.25) is 0 Å². The largest absolute Gasteiger partial charge is 0.333 e. The predicted octanol–water partition coefficient (Wildman–Crippen LogP) is 4.10.